The van der Waals surface area contributed by atoms with Crippen molar-refractivity contribution in [3.8, 4) is 5.75 Å². The van der Waals surface area contributed by atoms with E-state index in [-0.39, 0.29) is 0 Å². The van der Waals surface area contributed by atoms with Crippen LogP contribution in [-0.2, 0) is 7.05 Å². The minimum absolute atomic E-state index is 0.637. The van der Waals surface area contributed by atoms with E-state index in [9.17, 15) is 0 Å². The Morgan fingerprint density at radius 1 is 1.07 bits per heavy atom. The third kappa shape index (κ3) is 3.54. The SMILES string of the molecule is COc1ccc(Nc2nc(N3C[C@@H](C)C[C@H](C)C3)nc3c2cnn3C)cc1. The van der Waals surface area contributed by atoms with Crippen LogP contribution in [0.15, 0.2) is 30.5 Å². The zero-order valence-electron chi connectivity index (χ0n) is 16.3. The molecule has 2 aromatic heterocycles. The Balaban J connectivity index is 1.72. The van der Waals surface area contributed by atoms with Gasteiger partial charge >= 0.3 is 0 Å². The highest BCUT2D eigenvalue weighted by atomic mass is 16.5. The molecule has 0 spiro atoms. The van der Waals surface area contributed by atoms with Crippen LogP contribution in [0.1, 0.15) is 20.3 Å². The Morgan fingerprint density at radius 2 is 1.78 bits per heavy atom. The number of rotatable bonds is 4. The van der Waals surface area contributed by atoms with E-state index in [1.54, 1.807) is 11.8 Å². The average molecular weight is 366 g/mol. The highest BCUT2D eigenvalue weighted by Gasteiger charge is 2.25. The first-order chi connectivity index (χ1) is 13.0. The largest absolute Gasteiger partial charge is 0.497 e. The second-order valence-corrected chi connectivity index (χ2v) is 7.58. The van der Waals surface area contributed by atoms with Crippen LogP contribution in [0.25, 0.3) is 11.0 Å². The average Bonchev–Trinajstić information content (AvgIpc) is 3.03. The Kier molecular flexibility index (Phi) is 4.59. The van der Waals surface area contributed by atoms with Gasteiger partial charge in [-0.3, -0.25) is 4.68 Å². The van der Waals surface area contributed by atoms with Crippen LogP contribution in [0, 0.1) is 11.8 Å². The summed E-state index contributed by atoms with van der Waals surface area (Å²) in [5, 5.41) is 8.72. The highest BCUT2D eigenvalue weighted by Crippen LogP contribution is 2.29. The minimum Gasteiger partial charge on any atom is -0.497 e. The molecular weight excluding hydrogens is 340 g/mol. The van der Waals surface area contributed by atoms with Gasteiger partial charge in [0.15, 0.2) is 5.65 Å². The molecule has 1 fully saturated rings. The second-order valence-electron chi connectivity index (χ2n) is 7.58. The highest BCUT2D eigenvalue weighted by molar-refractivity contribution is 5.89. The van der Waals surface area contributed by atoms with E-state index in [0.29, 0.717) is 11.8 Å². The maximum Gasteiger partial charge on any atom is 0.229 e. The molecule has 0 amide bonds. The van der Waals surface area contributed by atoms with Gasteiger partial charge in [-0.15, -0.1) is 0 Å². The van der Waals surface area contributed by atoms with Crippen LogP contribution >= 0.6 is 0 Å². The van der Waals surface area contributed by atoms with Gasteiger partial charge in [-0.25, -0.2) is 0 Å². The molecule has 0 saturated carbocycles. The number of anilines is 3. The lowest BCUT2D eigenvalue weighted by molar-refractivity contribution is 0.354. The molecule has 4 rings (SSSR count). The van der Waals surface area contributed by atoms with E-state index >= 15 is 0 Å². The predicted molar refractivity (Wildman–Crippen MR) is 108 cm³/mol. The third-order valence-electron chi connectivity index (χ3n) is 5.08. The van der Waals surface area contributed by atoms with Gasteiger partial charge in [0.1, 0.15) is 11.6 Å². The molecule has 1 saturated heterocycles. The molecule has 1 N–H and O–H groups in total. The summed E-state index contributed by atoms with van der Waals surface area (Å²) in [5.41, 5.74) is 1.79. The lowest BCUT2D eigenvalue weighted by Gasteiger charge is -2.35. The number of piperidine rings is 1. The molecule has 1 aliphatic rings. The van der Waals surface area contributed by atoms with E-state index < -0.39 is 0 Å². The monoisotopic (exact) mass is 366 g/mol. The van der Waals surface area contributed by atoms with Gasteiger partial charge in [-0.05, 0) is 42.5 Å². The quantitative estimate of drug-likeness (QED) is 0.761. The first kappa shape index (κ1) is 17.6. The van der Waals surface area contributed by atoms with Crippen molar-refractivity contribution in [1.82, 2.24) is 19.7 Å². The van der Waals surface area contributed by atoms with E-state index in [1.807, 2.05) is 37.5 Å². The number of hydrogen-bond acceptors (Lipinski definition) is 6. The van der Waals surface area contributed by atoms with E-state index in [4.69, 9.17) is 14.7 Å². The van der Waals surface area contributed by atoms with Crippen molar-refractivity contribution in [3.05, 3.63) is 30.5 Å². The van der Waals surface area contributed by atoms with Gasteiger partial charge in [-0.1, -0.05) is 13.8 Å². The fraction of sp³-hybridized carbons (Fsp3) is 0.450. The standard InChI is InChI=1S/C20H26N6O/c1-13-9-14(2)12-26(11-13)20-23-18(17-10-21-25(3)19(17)24-20)22-15-5-7-16(27-4)8-6-15/h5-8,10,13-14H,9,11-12H2,1-4H3,(H,22,23,24)/t13-,14-/m0/s1. The maximum absolute atomic E-state index is 5.24. The number of ether oxygens (including phenoxy) is 1. The summed E-state index contributed by atoms with van der Waals surface area (Å²) in [7, 11) is 3.58. The van der Waals surface area contributed by atoms with Crippen molar-refractivity contribution in [2.75, 3.05) is 30.4 Å². The van der Waals surface area contributed by atoms with Crippen molar-refractivity contribution in [2.45, 2.75) is 20.3 Å². The molecule has 1 aromatic carbocycles. The summed E-state index contributed by atoms with van der Waals surface area (Å²) in [6.45, 7) is 6.55. The first-order valence-electron chi connectivity index (χ1n) is 9.39. The lowest BCUT2D eigenvalue weighted by Crippen LogP contribution is -2.39. The topological polar surface area (TPSA) is 68.1 Å². The van der Waals surface area contributed by atoms with Crippen LogP contribution in [0.2, 0.25) is 0 Å². The van der Waals surface area contributed by atoms with Crippen LogP contribution in [-0.4, -0.2) is 39.9 Å². The molecule has 3 aromatic rings. The van der Waals surface area contributed by atoms with Gasteiger partial charge in [0.2, 0.25) is 5.95 Å². The molecular formula is C20H26N6O. The molecule has 0 aliphatic carbocycles. The zero-order valence-corrected chi connectivity index (χ0v) is 16.3. The Morgan fingerprint density at radius 3 is 2.44 bits per heavy atom. The summed E-state index contributed by atoms with van der Waals surface area (Å²) < 4.78 is 7.04. The molecule has 7 heteroatoms. The van der Waals surface area contributed by atoms with Gasteiger partial charge in [0.05, 0.1) is 18.7 Å². The Hall–Kier alpha value is -2.83. The van der Waals surface area contributed by atoms with Crippen molar-refractivity contribution in [2.24, 2.45) is 18.9 Å². The van der Waals surface area contributed by atoms with Gasteiger partial charge < -0.3 is 15.0 Å². The molecule has 142 valence electrons. The number of nitrogens with one attached hydrogen (secondary N) is 1. The molecule has 2 atom stereocenters. The third-order valence-corrected chi connectivity index (χ3v) is 5.08. The summed E-state index contributed by atoms with van der Waals surface area (Å²) in [5.74, 6) is 3.64. The number of hydrogen-bond donors (Lipinski definition) is 1. The van der Waals surface area contributed by atoms with Crippen molar-refractivity contribution in [1.29, 1.82) is 0 Å². The van der Waals surface area contributed by atoms with Crippen molar-refractivity contribution >= 4 is 28.5 Å². The smallest absolute Gasteiger partial charge is 0.229 e. The van der Waals surface area contributed by atoms with Crippen LogP contribution in [0.4, 0.5) is 17.5 Å². The van der Waals surface area contributed by atoms with Crippen LogP contribution in [0.5, 0.6) is 5.75 Å². The normalized spacial score (nSPS) is 20.1. The summed E-state index contributed by atoms with van der Waals surface area (Å²) in [4.78, 5) is 12.0. The number of aromatic nitrogens is 4. The van der Waals surface area contributed by atoms with Gasteiger partial charge in [0.25, 0.3) is 0 Å². The van der Waals surface area contributed by atoms with E-state index in [2.05, 4.69) is 29.2 Å². The van der Waals surface area contributed by atoms with Crippen molar-refractivity contribution in [3.63, 3.8) is 0 Å². The van der Waals surface area contributed by atoms with Crippen LogP contribution < -0.4 is 15.0 Å². The van der Waals surface area contributed by atoms with Crippen LogP contribution in [0.3, 0.4) is 0 Å². The lowest BCUT2D eigenvalue weighted by atomic mass is 9.92. The number of aryl methyl sites for hydroxylation is 1. The minimum atomic E-state index is 0.637. The molecule has 3 heterocycles. The number of benzene rings is 1. The number of nitrogens with zero attached hydrogens (tertiary/aromatic N) is 5. The number of fused-ring (bicyclic) bond motifs is 1. The zero-order chi connectivity index (χ0) is 19.0. The summed E-state index contributed by atoms with van der Waals surface area (Å²) in [6, 6.07) is 7.82. The molecule has 27 heavy (non-hydrogen) atoms. The van der Waals surface area contributed by atoms with Crippen molar-refractivity contribution < 1.29 is 4.74 Å². The predicted octanol–water partition coefficient (Wildman–Crippen LogP) is 3.60. The van der Waals surface area contributed by atoms with Gasteiger partial charge in [-0.2, -0.15) is 15.1 Å². The summed E-state index contributed by atoms with van der Waals surface area (Å²) >= 11 is 0. The molecule has 0 bridgehead atoms. The summed E-state index contributed by atoms with van der Waals surface area (Å²) in [6.07, 6.45) is 3.06. The second kappa shape index (κ2) is 7.06. The molecule has 0 unspecified atom stereocenters. The Bertz CT molecular complexity index is 926. The molecule has 0 radical (unpaired) electrons. The molecule has 7 nitrogen and oxygen atoms in total. The van der Waals surface area contributed by atoms with E-state index in [0.717, 1.165) is 47.3 Å². The fourth-order valence-electron chi connectivity index (χ4n) is 3.88. The number of methoxy groups -OCH3 is 1. The van der Waals surface area contributed by atoms with E-state index in [1.165, 1.54) is 6.42 Å². The first-order valence-corrected chi connectivity index (χ1v) is 9.39. The van der Waals surface area contributed by atoms with Gasteiger partial charge in [0, 0.05) is 25.8 Å². The molecule has 1 aliphatic heterocycles. The fourth-order valence-corrected chi connectivity index (χ4v) is 3.88. The maximum atomic E-state index is 5.24. The Labute approximate surface area is 159 Å².